The van der Waals surface area contributed by atoms with Gasteiger partial charge in [0.1, 0.15) is 12.3 Å². The highest BCUT2D eigenvalue weighted by atomic mass is 19.2. The molecule has 3 unspecified atom stereocenters. The Morgan fingerprint density at radius 1 is 1.13 bits per heavy atom. The van der Waals surface area contributed by atoms with Gasteiger partial charge in [-0.1, -0.05) is 0 Å². The van der Waals surface area contributed by atoms with Gasteiger partial charge in [0.15, 0.2) is 0 Å². The maximum Gasteiger partial charge on any atom is 0.308 e. The Balaban J connectivity index is 1.68. The van der Waals surface area contributed by atoms with E-state index in [4.69, 9.17) is 4.74 Å². The van der Waals surface area contributed by atoms with Crippen LogP contribution in [0.25, 0.3) is 0 Å². The summed E-state index contributed by atoms with van der Waals surface area (Å²) in [6.45, 7) is 0.266. The Hall–Kier alpha value is -0.670. The second kappa shape index (κ2) is 4.45. The lowest BCUT2D eigenvalue weighted by atomic mass is 9.87. The van der Waals surface area contributed by atoms with Crippen LogP contribution >= 0.6 is 0 Å². The van der Waals surface area contributed by atoms with E-state index in [1.165, 1.54) is 0 Å². The number of hydrogen-bond donors (Lipinski definition) is 0. The molecule has 3 atom stereocenters. The fraction of sp³-hybridized carbons (Fsp3) is 0.909. The van der Waals surface area contributed by atoms with Gasteiger partial charge in [-0.15, -0.1) is 0 Å². The van der Waals surface area contributed by atoms with E-state index in [-0.39, 0.29) is 37.3 Å². The molecule has 0 heterocycles. The molecule has 0 bridgehead atoms. The third-order valence-corrected chi connectivity index (χ3v) is 3.17. The summed E-state index contributed by atoms with van der Waals surface area (Å²) < 4.78 is 30.9. The minimum atomic E-state index is -1.37. The van der Waals surface area contributed by atoms with Crippen LogP contribution in [-0.4, -0.2) is 24.9 Å². The minimum Gasteiger partial charge on any atom is -0.465 e. The van der Waals surface area contributed by atoms with Gasteiger partial charge in [0.2, 0.25) is 0 Å². The van der Waals surface area contributed by atoms with Crippen molar-refractivity contribution in [1.82, 2.24) is 0 Å². The lowest BCUT2D eigenvalue weighted by molar-refractivity contribution is -0.147. The van der Waals surface area contributed by atoms with E-state index in [1.807, 2.05) is 0 Å². The van der Waals surface area contributed by atoms with Crippen molar-refractivity contribution in [1.29, 1.82) is 0 Å². The SMILES string of the molecule is O=C(OCC1CCC(F)C(F)C1)C1CC1. The predicted octanol–water partition coefficient (Wildman–Crippen LogP) is 2.42. The van der Waals surface area contributed by atoms with Crippen molar-refractivity contribution >= 4 is 5.97 Å². The highest BCUT2D eigenvalue weighted by Crippen LogP contribution is 2.32. The van der Waals surface area contributed by atoms with Crippen LogP contribution in [0, 0.1) is 11.8 Å². The Bertz CT molecular complexity index is 241. The highest BCUT2D eigenvalue weighted by Gasteiger charge is 2.34. The number of esters is 1. The van der Waals surface area contributed by atoms with Gasteiger partial charge in [-0.05, 0) is 38.0 Å². The molecule has 86 valence electrons. The summed E-state index contributed by atoms with van der Waals surface area (Å²) in [6.07, 6.45) is 0.221. The molecular weight excluding hydrogens is 202 g/mol. The van der Waals surface area contributed by atoms with Crippen LogP contribution in [-0.2, 0) is 9.53 Å². The molecule has 0 spiro atoms. The lowest BCUT2D eigenvalue weighted by Gasteiger charge is -2.26. The summed E-state index contributed by atoms with van der Waals surface area (Å²) in [5.41, 5.74) is 0. The van der Waals surface area contributed by atoms with Gasteiger partial charge in [-0.25, -0.2) is 8.78 Å². The Labute approximate surface area is 88.0 Å². The number of rotatable bonds is 3. The molecule has 2 fully saturated rings. The molecule has 0 aromatic carbocycles. The second-order valence-corrected chi connectivity index (χ2v) is 4.62. The average molecular weight is 218 g/mol. The summed E-state index contributed by atoms with van der Waals surface area (Å²) >= 11 is 0. The van der Waals surface area contributed by atoms with Crippen LogP contribution in [0.3, 0.4) is 0 Å². The fourth-order valence-corrected chi connectivity index (χ4v) is 1.95. The first-order chi connectivity index (χ1) is 7.16. The van der Waals surface area contributed by atoms with Gasteiger partial charge in [-0.2, -0.15) is 0 Å². The van der Waals surface area contributed by atoms with Crippen LogP contribution in [0.2, 0.25) is 0 Å². The van der Waals surface area contributed by atoms with Gasteiger partial charge in [-0.3, -0.25) is 4.79 Å². The Morgan fingerprint density at radius 2 is 1.87 bits per heavy atom. The van der Waals surface area contributed by atoms with Gasteiger partial charge in [0, 0.05) is 0 Å². The van der Waals surface area contributed by atoms with Crippen LogP contribution in [0.4, 0.5) is 8.78 Å². The zero-order valence-corrected chi connectivity index (χ0v) is 8.62. The van der Waals surface area contributed by atoms with E-state index in [0.717, 1.165) is 12.8 Å². The minimum absolute atomic E-state index is 0.00898. The fourth-order valence-electron chi connectivity index (χ4n) is 1.95. The largest absolute Gasteiger partial charge is 0.465 e. The quantitative estimate of drug-likeness (QED) is 0.680. The zero-order valence-electron chi connectivity index (χ0n) is 8.62. The molecule has 0 saturated heterocycles. The molecular formula is C11H16F2O2. The zero-order chi connectivity index (χ0) is 10.8. The van der Waals surface area contributed by atoms with E-state index in [9.17, 15) is 13.6 Å². The molecule has 2 saturated carbocycles. The topological polar surface area (TPSA) is 26.3 Å². The van der Waals surface area contributed by atoms with Crippen molar-refractivity contribution in [3.8, 4) is 0 Å². The van der Waals surface area contributed by atoms with Crippen molar-refractivity contribution in [2.45, 2.75) is 44.4 Å². The smallest absolute Gasteiger partial charge is 0.308 e. The molecule has 0 aromatic rings. The van der Waals surface area contributed by atoms with E-state index in [1.54, 1.807) is 0 Å². The lowest BCUT2D eigenvalue weighted by Crippen LogP contribution is -2.30. The number of ether oxygens (including phenoxy) is 1. The monoisotopic (exact) mass is 218 g/mol. The molecule has 0 amide bonds. The first kappa shape index (κ1) is 10.8. The van der Waals surface area contributed by atoms with Crippen LogP contribution in [0.1, 0.15) is 32.1 Å². The standard InChI is InChI=1S/C11H16F2O2/c12-9-4-1-7(5-10(9)13)6-15-11(14)8-2-3-8/h7-10H,1-6H2. The van der Waals surface area contributed by atoms with E-state index in [0.29, 0.717) is 6.42 Å². The van der Waals surface area contributed by atoms with Gasteiger partial charge >= 0.3 is 5.97 Å². The molecule has 4 heteroatoms. The molecule has 0 radical (unpaired) electrons. The third-order valence-electron chi connectivity index (χ3n) is 3.17. The Morgan fingerprint density at radius 3 is 2.47 bits per heavy atom. The maximum atomic E-state index is 13.0. The van der Waals surface area contributed by atoms with E-state index < -0.39 is 12.3 Å². The van der Waals surface area contributed by atoms with Crippen molar-refractivity contribution < 1.29 is 18.3 Å². The summed E-state index contributed by atoms with van der Waals surface area (Å²) in [5.74, 6) is -0.0637. The molecule has 2 nitrogen and oxygen atoms in total. The van der Waals surface area contributed by atoms with Crippen LogP contribution in [0.15, 0.2) is 0 Å². The molecule has 2 aliphatic carbocycles. The Kier molecular flexibility index (Phi) is 3.22. The summed E-state index contributed by atoms with van der Waals surface area (Å²) in [7, 11) is 0. The molecule has 2 aliphatic rings. The number of carbonyl (C=O) groups is 1. The molecule has 0 aromatic heterocycles. The van der Waals surface area contributed by atoms with Crippen molar-refractivity contribution in [3.05, 3.63) is 0 Å². The summed E-state index contributed by atoms with van der Waals surface area (Å²) in [6, 6.07) is 0. The summed E-state index contributed by atoms with van der Waals surface area (Å²) in [5, 5.41) is 0. The first-order valence-corrected chi connectivity index (χ1v) is 5.61. The van der Waals surface area contributed by atoms with Crippen LogP contribution < -0.4 is 0 Å². The third kappa shape index (κ3) is 2.89. The first-order valence-electron chi connectivity index (χ1n) is 5.61. The normalized spacial score (nSPS) is 36.3. The molecule has 0 aliphatic heterocycles. The number of halogens is 2. The molecule has 15 heavy (non-hydrogen) atoms. The maximum absolute atomic E-state index is 13.0. The molecule has 2 rings (SSSR count). The predicted molar refractivity (Wildman–Crippen MR) is 50.8 cm³/mol. The number of carbonyl (C=O) groups excluding carboxylic acids is 1. The second-order valence-electron chi connectivity index (χ2n) is 4.62. The van der Waals surface area contributed by atoms with Gasteiger partial charge < -0.3 is 4.74 Å². The summed E-state index contributed by atoms with van der Waals surface area (Å²) in [4.78, 5) is 11.2. The van der Waals surface area contributed by atoms with Crippen molar-refractivity contribution in [3.63, 3.8) is 0 Å². The van der Waals surface area contributed by atoms with Crippen molar-refractivity contribution in [2.75, 3.05) is 6.61 Å². The van der Waals surface area contributed by atoms with E-state index in [2.05, 4.69) is 0 Å². The average Bonchev–Trinajstić information content (AvgIpc) is 3.03. The van der Waals surface area contributed by atoms with Crippen LogP contribution in [0.5, 0.6) is 0 Å². The van der Waals surface area contributed by atoms with Gasteiger partial charge in [0.05, 0.1) is 12.5 Å². The van der Waals surface area contributed by atoms with E-state index >= 15 is 0 Å². The van der Waals surface area contributed by atoms with Crippen molar-refractivity contribution in [2.24, 2.45) is 11.8 Å². The van der Waals surface area contributed by atoms with Gasteiger partial charge in [0.25, 0.3) is 0 Å². The number of hydrogen-bond acceptors (Lipinski definition) is 2. The molecule has 0 N–H and O–H groups in total. The number of alkyl halides is 2. The highest BCUT2D eigenvalue weighted by molar-refractivity contribution is 5.74.